The Labute approximate surface area is 136 Å². The Bertz CT molecular complexity index is 750. The SMILES string of the molecule is FC(F)(F)c1nc2ccccc2nc1N1CCC2(CC1)OCCO2. The number of aromatic nitrogens is 2. The van der Waals surface area contributed by atoms with Gasteiger partial charge in [0.2, 0.25) is 0 Å². The van der Waals surface area contributed by atoms with Gasteiger partial charge in [0.1, 0.15) is 0 Å². The van der Waals surface area contributed by atoms with Crippen LogP contribution in [-0.2, 0) is 15.7 Å². The van der Waals surface area contributed by atoms with Crippen LogP contribution in [0.2, 0.25) is 0 Å². The maximum Gasteiger partial charge on any atom is 0.437 e. The van der Waals surface area contributed by atoms with Crippen LogP contribution in [0.1, 0.15) is 18.5 Å². The molecule has 0 saturated carbocycles. The minimum absolute atomic E-state index is 0.117. The molecule has 2 aliphatic heterocycles. The second kappa shape index (κ2) is 5.56. The van der Waals surface area contributed by atoms with Crippen LogP contribution in [0.25, 0.3) is 11.0 Å². The van der Waals surface area contributed by atoms with Crippen molar-refractivity contribution in [3.8, 4) is 0 Å². The lowest BCUT2D eigenvalue weighted by Crippen LogP contribution is -2.46. The van der Waals surface area contributed by atoms with E-state index in [1.54, 1.807) is 23.1 Å². The van der Waals surface area contributed by atoms with E-state index in [1.165, 1.54) is 6.07 Å². The van der Waals surface area contributed by atoms with Gasteiger partial charge in [-0.1, -0.05) is 12.1 Å². The molecule has 1 aromatic carbocycles. The lowest BCUT2D eigenvalue weighted by atomic mass is 10.0. The molecule has 0 amide bonds. The van der Waals surface area contributed by atoms with E-state index >= 15 is 0 Å². The number of fused-ring (bicyclic) bond motifs is 1. The Hall–Kier alpha value is -1.93. The third-order valence-electron chi connectivity index (χ3n) is 4.46. The summed E-state index contributed by atoms with van der Waals surface area (Å²) in [5.41, 5.74) is -0.246. The minimum Gasteiger partial charge on any atom is -0.354 e. The molecule has 3 heterocycles. The lowest BCUT2D eigenvalue weighted by molar-refractivity contribution is -0.169. The van der Waals surface area contributed by atoms with Crippen molar-refractivity contribution in [3.63, 3.8) is 0 Å². The summed E-state index contributed by atoms with van der Waals surface area (Å²) >= 11 is 0. The summed E-state index contributed by atoms with van der Waals surface area (Å²) in [6.07, 6.45) is -3.53. The summed E-state index contributed by atoms with van der Waals surface area (Å²) in [6, 6.07) is 6.59. The van der Waals surface area contributed by atoms with Crippen LogP contribution < -0.4 is 4.90 Å². The van der Waals surface area contributed by atoms with E-state index in [2.05, 4.69) is 9.97 Å². The zero-order chi connectivity index (χ0) is 16.8. The first-order valence-corrected chi connectivity index (χ1v) is 7.84. The van der Waals surface area contributed by atoms with Crippen molar-refractivity contribution in [2.75, 3.05) is 31.2 Å². The lowest BCUT2D eigenvalue weighted by Gasteiger charge is -2.38. The molecule has 2 fully saturated rings. The fourth-order valence-corrected chi connectivity index (χ4v) is 3.25. The van der Waals surface area contributed by atoms with Gasteiger partial charge in [-0.15, -0.1) is 0 Å². The predicted molar refractivity (Wildman–Crippen MR) is 80.6 cm³/mol. The molecule has 0 radical (unpaired) electrons. The molecule has 128 valence electrons. The molecule has 24 heavy (non-hydrogen) atoms. The Kier molecular flexibility index (Phi) is 3.61. The molecule has 0 aliphatic carbocycles. The fourth-order valence-electron chi connectivity index (χ4n) is 3.25. The summed E-state index contributed by atoms with van der Waals surface area (Å²) in [7, 11) is 0. The molecular weight excluding hydrogens is 323 g/mol. The number of alkyl halides is 3. The average Bonchev–Trinajstić information content (AvgIpc) is 3.02. The molecule has 0 bridgehead atoms. The van der Waals surface area contributed by atoms with Crippen molar-refractivity contribution in [3.05, 3.63) is 30.0 Å². The second-order valence-electron chi connectivity index (χ2n) is 5.98. The molecular formula is C16H16F3N3O2. The summed E-state index contributed by atoms with van der Waals surface area (Å²) in [5.74, 6) is -0.756. The molecule has 4 rings (SSSR count). The molecule has 2 aromatic rings. The van der Waals surface area contributed by atoms with Crippen LogP contribution in [0.3, 0.4) is 0 Å². The standard InChI is InChI=1S/C16H16F3N3O2/c17-16(18,19)13-14(21-12-4-2-1-3-11(12)20-13)22-7-5-15(6-8-22)23-9-10-24-15/h1-4H,5-10H2. The van der Waals surface area contributed by atoms with Gasteiger partial charge >= 0.3 is 6.18 Å². The van der Waals surface area contributed by atoms with Crippen LogP contribution in [0.4, 0.5) is 19.0 Å². The van der Waals surface area contributed by atoms with Crippen LogP contribution >= 0.6 is 0 Å². The van der Waals surface area contributed by atoms with Crippen molar-refractivity contribution in [2.45, 2.75) is 24.8 Å². The number of para-hydroxylation sites is 2. The number of nitrogens with zero attached hydrogens (tertiary/aromatic N) is 3. The van der Waals surface area contributed by atoms with Gasteiger partial charge in [-0.05, 0) is 12.1 Å². The van der Waals surface area contributed by atoms with Crippen molar-refractivity contribution in [1.29, 1.82) is 0 Å². The molecule has 8 heteroatoms. The molecule has 0 N–H and O–H groups in total. The summed E-state index contributed by atoms with van der Waals surface area (Å²) in [5, 5.41) is 0. The maximum absolute atomic E-state index is 13.4. The quantitative estimate of drug-likeness (QED) is 0.799. The van der Waals surface area contributed by atoms with E-state index in [4.69, 9.17) is 9.47 Å². The van der Waals surface area contributed by atoms with Crippen molar-refractivity contribution >= 4 is 16.9 Å². The molecule has 1 spiro atoms. The van der Waals surface area contributed by atoms with Gasteiger partial charge in [0.05, 0.1) is 24.2 Å². The highest BCUT2D eigenvalue weighted by Gasteiger charge is 2.43. The van der Waals surface area contributed by atoms with Gasteiger partial charge in [0.25, 0.3) is 0 Å². The van der Waals surface area contributed by atoms with Gasteiger partial charge in [-0.2, -0.15) is 13.2 Å². The Morgan fingerprint density at radius 3 is 2.12 bits per heavy atom. The van der Waals surface area contributed by atoms with Gasteiger partial charge < -0.3 is 14.4 Å². The monoisotopic (exact) mass is 339 g/mol. The largest absolute Gasteiger partial charge is 0.437 e. The highest BCUT2D eigenvalue weighted by molar-refractivity contribution is 5.76. The Balaban J connectivity index is 1.70. The van der Waals surface area contributed by atoms with E-state index in [-0.39, 0.29) is 11.3 Å². The molecule has 0 atom stereocenters. The average molecular weight is 339 g/mol. The molecule has 0 unspecified atom stereocenters. The summed E-state index contributed by atoms with van der Waals surface area (Å²) in [6.45, 7) is 1.83. The molecule has 2 aliphatic rings. The maximum atomic E-state index is 13.4. The smallest absolute Gasteiger partial charge is 0.354 e. The normalized spacial score (nSPS) is 20.9. The Morgan fingerprint density at radius 2 is 1.54 bits per heavy atom. The van der Waals surface area contributed by atoms with Crippen LogP contribution in [0, 0.1) is 0 Å². The van der Waals surface area contributed by atoms with Crippen LogP contribution in [0.15, 0.2) is 24.3 Å². The van der Waals surface area contributed by atoms with Crippen molar-refractivity contribution in [1.82, 2.24) is 9.97 Å². The third-order valence-corrected chi connectivity index (χ3v) is 4.46. The van der Waals surface area contributed by atoms with Crippen molar-refractivity contribution in [2.24, 2.45) is 0 Å². The zero-order valence-electron chi connectivity index (χ0n) is 12.8. The minimum atomic E-state index is -4.55. The van der Waals surface area contributed by atoms with E-state index < -0.39 is 17.7 Å². The van der Waals surface area contributed by atoms with E-state index in [9.17, 15) is 13.2 Å². The number of ether oxygens (including phenoxy) is 2. The highest BCUT2D eigenvalue weighted by Crippen LogP contribution is 2.38. The fraction of sp³-hybridized carbons (Fsp3) is 0.500. The number of piperidine rings is 1. The highest BCUT2D eigenvalue weighted by atomic mass is 19.4. The molecule has 5 nitrogen and oxygen atoms in total. The first kappa shape index (κ1) is 15.6. The Morgan fingerprint density at radius 1 is 0.958 bits per heavy atom. The van der Waals surface area contributed by atoms with Crippen LogP contribution in [-0.4, -0.2) is 42.1 Å². The first-order chi connectivity index (χ1) is 11.5. The van der Waals surface area contributed by atoms with E-state index in [1.807, 2.05) is 0 Å². The van der Waals surface area contributed by atoms with Gasteiger partial charge in [0, 0.05) is 25.9 Å². The summed E-state index contributed by atoms with van der Waals surface area (Å²) in [4.78, 5) is 9.68. The van der Waals surface area contributed by atoms with E-state index in [0.717, 1.165) is 0 Å². The second-order valence-corrected chi connectivity index (χ2v) is 5.98. The van der Waals surface area contributed by atoms with Gasteiger partial charge in [-0.25, -0.2) is 9.97 Å². The number of benzene rings is 1. The van der Waals surface area contributed by atoms with Crippen molar-refractivity contribution < 1.29 is 22.6 Å². The first-order valence-electron chi connectivity index (χ1n) is 7.84. The number of halogens is 3. The molecule has 2 saturated heterocycles. The number of rotatable bonds is 1. The number of hydrogen-bond donors (Lipinski definition) is 0. The van der Waals surface area contributed by atoms with Gasteiger partial charge in [0.15, 0.2) is 17.3 Å². The predicted octanol–water partition coefficient (Wildman–Crippen LogP) is 2.99. The number of anilines is 1. The van der Waals surface area contributed by atoms with Crippen LogP contribution in [0.5, 0.6) is 0 Å². The summed E-state index contributed by atoms with van der Waals surface area (Å²) < 4.78 is 51.6. The third kappa shape index (κ3) is 2.69. The van der Waals surface area contributed by atoms with E-state index in [0.29, 0.717) is 44.7 Å². The van der Waals surface area contributed by atoms with Gasteiger partial charge in [-0.3, -0.25) is 0 Å². The zero-order valence-corrected chi connectivity index (χ0v) is 12.8. The topological polar surface area (TPSA) is 47.5 Å². The molecule has 1 aromatic heterocycles. The number of hydrogen-bond acceptors (Lipinski definition) is 5.